The molecular formula is C53H70HfSi5. The summed E-state index contributed by atoms with van der Waals surface area (Å²) in [5.41, 5.74) is 13.8. The van der Waals surface area contributed by atoms with Gasteiger partial charge in [-0.05, 0) is 0 Å². The van der Waals surface area contributed by atoms with Crippen LogP contribution in [0.3, 0.4) is 0 Å². The Hall–Kier alpha value is -2.47. The monoisotopic (exact) mass is 1030 g/mol. The molecule has 59 heavy (non-hydrogen) atoms. The van der Waals surface area contributed by atoms with Gasteiger partial charge in [0.25, 0.3) is 0 Å². The third kappa shape index (κ3) is 7.73. The predicted molar refractivity (Wildman–Crippen MR) is 275 cm³/mol. The van der Waals surface area contributed by atoms with E-state index in [2.05, 4.69) is 210 Å². The van der Waals surface area contributed by atoms with Gasteiger partial charge in [-0.15, -0.1) is 0 Å². The molecule has 1 aliphatic heterocycles. The Kier molecular flexibility index (Phi) is 10.9. The van der Waals surface area contributed by atoms with E-state index in [0.717, 1.165) is 6.42 Å². The summed E-state index contributed by atoms with van der Waals surface area (Å²) < 4.78 is 6.94. The summed E-state index contributed by atoms with van der Waals surface area (Å²) in [7, 11) is -8.31. The molecule has 0 saturated carbocycles. The van der Waals surface area contributed by atoms with Gasteiger partial charge in [-0.25, -0.2) is 0 Å². The molecule has 1 fully saturated rings. The summed E-state index contributed by atoms with van der Waals surface area (Å²) >= 11 is -3.26. The standard InChI is InChI=1S/C51H64Si5.2CH3.Hf/c1-52(2,3)42-29-40(30-43(33-42)53(4,5)6)48-23-17-21-38-27-46(35-50(38)48)56(13,26-25-37-19-15-14-16-20-37)47-28-39-22-18-24-49(51(39)36-47)41-31-44(54(7,8)9)34-45(32-41)55(10,11)12;;;/h14-24,27-36H,25-26H2,1-13H3;2*1H3;. The van der Waals surface area contributed by atoms with Crippen molar-refractivity contribution in [1.82, 2.24) is 0 Å². The fourth-order valence-electron chi connectivity index (χ4n) is 10.8. The molecule has 5 aromatic carbocycles. The number of hydrogen-bond acceptors (Lipinski definition) is 0. The van der Waals surface area contributed by atoms with Crippen LogP contribution in [-0.2, 0) is 26.4 Å². The van der Waals surface area contributed by atoms with E-state index in [4.69, 9.17) is 0 Å². The van der Waals surface area contributed by atoms with Crippen molar-refractivity contribution in [2.24, 2.45) is 0 Å². The van der Waals surface area contributed by atoms with Gasteiger partial charge in [0.1, 0.15) is 0 Å². The summed E-state index contributed by atoms with van der Waals surface area (Å²) in [6.45, 7) is 33.1. The van der Waals surface area contributed by atoms with E-state index in [1.54, 1.807) is 43.0 Å². The van der Waals surface area contributed by atoms with Crippen molar-refractivity contribution in [3.8, 4) is 22.3 Å². The number of rotatable bonds is 9. The number of benzene rings is 5. The third-order valence-electron chi connectivity index (χ3n) is 14.6. The minimum atomic E-state index is -3.26. The molecule has 0 spiro atoms. The van der Waals surface area contributed by atoms with Gasteiger partial charge in [-0.2, -0.15) is 0 Å². The van der Waals surface area contributed by atoms with Crippen LogP contribution in [0, 0.1) is 0 Å². The Morgan fingerprint density at radius 1 is 0.475 bits per heavy atom. The maximum absolute atomic E-state index is 3.26. The molecule has 306 valence electrons. The first-order chi connectivity index (χ1) is 27.4. The first kappa shape index (κ1) is 43.2. The van der Waals surface area contributed by atoms with Crippen LogP contribution in [0.1, 0.15) is 35.2 Å². The zero-order chi connectivity index (χ0) is 42.7. The first-order valence-electron chi connectivity index (χ1n) is 22.5. The van der Waals surface area contributed by atoms with E-state index < -0.39 is 60.3 Å². The van der Waals surface area contributed by atoms with Gasteiger partial charge in [0, 0.05) is 0 Å². The van der Waals surface area contributed by atoms with Crippen LogP contribution in [0.5, 0.6) is 0 Å². The van der Waals surface area contributed by atoms with Crippen LogP contribution in [0.4, 0.5) is 0 Å². The predicted octanol–water partition coefficient (Wildman–Crippen LogP) is 13.4. The average molecular weight is 1030 g/mol. The number of fused-ring (bicyclic) bond motifs is 6. The van der Waals surface area contributed by atoms with Crippen LogP contribution in [0.25, 0.3) is 34.4 Å². The molecule has 2 aliphatic carbocycles. The summed E-state index contributed by atoms with van der Waals surface area (Å²) in [5.74, 6) is 0. The second-order valence-corrected chi connectivity index (χ2v) is 65.3. The quantitative estimate of drug-likeness (QED) is 0.129. The van der Waals surface area contributed by atoms with E-state index in [1.807, 2.05) is 10.4 Å². The Balaban J connectivity index is 1.35. The molecule has 0 radical (unpaired) electrons. The first-order valence-corrected chi connectivity index (χ1v) is 50.5. The Morgan fingerprint density at radius 3 is 1.20 bits per heavy atom. The normalized spacial score (nSPS) is 21.0. The van der Waals surface area contributed by atoms with E-state index in [0.29, 0.717) is 7.35 Å². The second-order valence-electron chi connectivity index (χ2n) is 23.4. The van der Waals surface area contributed by atoms with Crippen molar-refractivity contribution in [2.75, 3.05) is 0 Å². The van der Waals surface area contributed by atoms with Gasteiger partial charge < -0.3 is 0 Å². The van der Waals surface area contributed by atoms with Gasteiger partial charge in [0.2, 0.25) is 0 Å². The number of aryl methyl sites for hydroxylation is 1. The van der Waals surface area contributed by atoms with E-state index in [1.165, 1.54) is 33.9 Å². The van der Waals surface area contributed by atoms with E-state index in [-0.39, 0.29) is 0 Å². The van der Waals surface area contributed by atoms with E-state index in [9.17, 15) is 0 Å². The fourth-order valence-corrected chi connectivity index (χ4v) is 48.1. The fraction of sp³-hybridized carbons (Fsp3) is 0.358. The Morgan fingerprint density at radius 2 is 0.847 bits per heavy atom. The minimum absolute atomic E-state index is 0.618. The van der Waals surface area contributed by atoms with Crippen LogP contribution < -0.4 is 20.7 Å². The summed E-state index contributed by atoms with van der Waals surface area (Å²) in [5, 5.41) is 10.2. The molecular weight excluding hydrogens is 956 g/mol. The zero-order valence-electron chi connectivity index (χ0n) is 39.0. The Labute approximate surface area is 368 Å². The molecule has 0 N–H and O–H groups in total. The van der Waals surface area contributed by atoms with Crippen molar-refractivity contribution >= 4 is 73.3 Å². The maximum atomic E-state index is 2.85. The topological polar surface area (TPSA) is 0 Å². The van der Waals surface area contributed by atoms with Crippen molar-refractivity contribution in [1.29, 1.82) is 0 Å². The molecule has 0 amide bonds. The molecule has 6 heteroatoms. The SMILES string of the molecule is C[Si]1(CCc2ccccc2)C2=Cc3c(-c4cc([Si](C)(C)C)cc([Si](C)(C)C)c4)cccc3[CH]2[Hf]([CH3])([CH3])[CH]2C1=Cc1c(-c3cc([Si](C)(C)C)cc([Si](C)(C)C)c3)cccc12. The van der Waals surface area contributed by atoms with Crippen LogP contribution >= 0.6 is 0 Å². The third-order valence-corrected chi connectivity index (χ3v) is 44.6. The van der Waals surface area contributed by atoms with Crippen molar-refractivity contribution in [2.45, 2.75) is 114 Å². The van der Waals surface area contributed by atoms with Crippen molar-refractivity contribution in [3.63, 3.8) is 0 Å². The molecule has 0 nitrogen and oxygen atoms in total. The molecule has 2 unspecified atom stereocenters. The molecule has 8 rings (SSSR count). The number of allylic oxidation sites excluding steroid dienone is 2. The molecule has 1 heterocycles. The van der Waals surface area contributed by atoms with Gasteiger partial charge in [-0.3, -0.25) is 0 Å². The van der Waals surface area contributed by atoms with Crippen LogP contribution in [0.15, 0.2) is 114 Å². The van der Waals surface area contributed by atoms with Crippen molar-refractivity contribution in [3.05, 3.63) is 141 Å². The molecule has 5 aromatic rings. The second kappa shape index (κ2) is 14.8. The van der Waals surface area contributed by atoms with Gasteiger partial charge in [-0.1, -0.05) is 0 Å². The molecule has 0 bridgehead atoms. The molecule has 2 atom stereocenters. The molecule has 0 aromatic heterocycles. The van der Waals surface area contributed by atoms with Crippen LogP contribution in [0.2, 0.25) is 101 Å². The Bertz CT molecular complexity index is 2320. The summed E-state index contributed by atoms with van der Waals surface area (Å²) in [4.78, 5) is 0. The van der Waals surface area contributed by atoms with Gasteiger partial charge in [0.05, 0.1) is 0 Å². The molecule has 3 aliphatic rings. The van der Waals surface area contributed by atoms with Gasteiger partial charge in [0.15, 0.2) is 0 Å². The summed E-state index contributed by atoms with van der Waals surface area (Å²) in [6.07, 6.45) is 6.79. The van der Waals surface area contributed by atoms with E-state index >= 15 is 0 Å². The van der Waals surface area contributed by atoms with Crippen molar-refractivity contribution < 1.29 is 20.0 Å². The summed E-state index contributed by atoms with van der Waals surface area (Å²) in [6, 6.07) is 43.2. The average Bonchev–Trinajstić information content (AvgIpc) is 3.77. The zero-order valence-corrected chi connectivity index (χ0v) is 47.6. The van der Waals surface area contributed by atoms with Gasteiger partial charge >= 0.3 is 371 Å². The molecule has 1 saturated heterocycles. The van der Waals surface area contributed by atoms with Crippen LogP contribution in [-0.4, -0.2) is 40.4 Å². The number of hydrogen-bond donors (Lipinski definition) is 0.